The van der Waals surface area contributed by atoms with Crippen LogP contribution in [0.25, 0.3) is 4.91 Å². The molecule has 0 N–H and O–H groups in total. The number of allylic oxidation sites excluding steroid dienone is 1. The lowest BCUT2D eigenvalue weighted by molar-refractivity contribution is -0.131. The molecule has 0 spiro atoms. The Balaban J connectivity index is 1.69. The summed E-state index contributed by atoms with van der Waals surface area (Å²) in [7, 11) is 0. The van der Waals surface area contributed by atoms with Gasteiger partial charge in [0.05, 0.1) is 12.5 Å². The average molecular weight is 365 g/mol. The second-order valence-electron chi connectivity index (χ2n) is 6.36. The smallest absolute Gasteiger partial charge is 0.416 e. The molecule has 2 aromatic rings. The molecule has 0 aromatic heterocycles. The minimum Gasteiger partial charge on any atom is -0.447 e. The number of cyclic esters (lactones) is 1. The van der Waals surface area contributed by atoms with Gasteiger partial charge in [-0.3, -0.25) is 4.79 Å². The van der Waals surface area contributed by atoms with Crippen LogP contribution >= 0.6 is 11.8 Å². The lowest BCUT2D eigenvalue weighted by Gasteiger charge is -2.31. The molecule has 26 heavy (non-hydrogen) atoms. The van der Waals surface area contributed by atoms with Crippen LogP contribution in [0.4, 0.5) is 4.79 Å². The fourth-order valence-electron chi connectivity index (χ4n) is 3.42. The Labute approximate surface area is 156 Å². The molecule has 2 heterocycles. The van der Waals surface area contributed by atoms with Crippen LogP contribution in [0.1, 0.15) is 17.0 Å². The Hall–Kier alpha value is -2.53. The van der Waals surface area contributed by atoms with Crippen molar-refractivity contribution in [2.75, 3.05) is 18.9 Å². The van der Waals surface area contributed by atoms with E-state index in [2.05, 4.69) is 18.2 Å². The maximum absolute atomic E-state index is 13.0. The van der Waals surface area contributed by atoms with Gasteiger partial charge in [0, 0.05) is 16.6 Å². The molecule has 4 rings (SSSR count). The number of nitrogens with zero attached hydrogens (tertiary/aromatic N) is 1. The first-order chi connectivity index (χ1) is 12.7. The van der Waals surface area contributed by atoms with Crippen LogP contribution in [0.15, 0.2) is 66.7 Å². The summed E-state index contributed by atoms with van der Waals surface area (Å²) in [5, 5.41) is 0. The molecule has 2 aromatic carbocycles. The van der Waals surface area contributed by atoms with E-state index in [0.29, 0.717) is 12.3 Å². The number of rotatable bonds is 3. The summed E-state index contributed by atoms with van der Waals surface area (Å²) in [6.45, 7) is 0.626. The van der Waals surface area contributed by atoms with Crippen molar-refractivity contribution >= 4 is 28.7 Å². The van der Waals surface area contributed by atoms with Crippen LogP contribution in [0.3, 0.4) is 0 Å². The molecule has 5 heteroatoms. The second-order valence-corrected chi connectivity index (χ2v) is 7.42. The van der Waals surface area contributed by atoms with Gasteiger partial charge >= 0.3 is 6.09 Å². The zero-order valence-electron chi connectivity index (χ0n) is 14.2. The predicted molar refractivity (Wildman–Crippen MR) is 103 cm³/mol. The van der Waals surface area contributed by atoms with E-state index >= 15 is 0 Å². The van der Waals surface area contributed by atoms with Crippen molar-refractivity contribution in [1.82, 2.24) is 4.90 Å². The number of amides is 2. The first-order valence-corrected chi connectivity index (χ1v) is 9.66. The minimum absolute atomic E-state index is 0.0615. The summed E-state index contributed by atoms with van der Waals surface area (Å²) >= 11 is 1.67. The van der Waals surface area contributed by atoms with Gasteiger partial charge in [-0.05, 0) is 11.1 Å². The SMILES string of the molecule is O=C1OCCN1C(=O)[C@@H]1CSC(c2ccccc2)=C[C@@H]1c1ccccc1. The Kier molecular flexibility index (Phi) is 4.80. The minimum atomic E-state index is -0.523. The number of hydrogen-bond acceptors (Lipinski definition) is 4. The van der Waals surface area contributed by atoms with E-state index in [9.17, 15) is 9.59 Å². The molecule has 0 aliphatic carbocycles. The van der Waals surface area contributed by atoms with Crippen molar-refractivity contribution in [2.24, 2.45) is 5.92 Å². The summed E-state index contributed by atoms with van der Waals surface area (Å²) in [4.78, 5) is 27.3. The van der Waals surface area contributed by atoms with Gasteiger partial charge < -0.3 is 4.74 Å². The third-order valence-corrected chi connectivity index (χ3v) is 5.98. The standard InChI is InChI=1S/C21H19NO3S/c23-20(22-11-12-25-21(22)24)18-14-26-19(16-9-5-2-6-10-16)13-17(18)15-7-3-1-4-8-15/h1-10,13,17-18H,11-12,14H2/t17-,18-/m1/s1. The van der Waals surface area contributed by atoms with E-state index < -0.39 is 6.09 Å². The molecule has 1 saturated heterocycles. The van der Waals surface area contributed by atoms with Crippen molar-refractivity contribution < 1.29 is 14.3 Å². The Bertz CT molecular complexity index is 835. The third-order valence-electron chi connectivity index (χ3n) is 4.77. The lowest BCUT2D eigenvalue weighted by atomic mass is 9.85. The Morgan fingerprint density at radius 2 is 1.73 bits per heavy atom. The summed E-state index contributed by atoms with van der Waals surface area (Å²) in [6, 6.07) is 20.2. The highest BCUT2D eigenvalue weighted by Gasteiger charge is 2.39. The molecule has 0 saturated carbocycles. The fourth-order valence-corrected chi connectivity index (χ4v) is 4.67. The molecule has 4 nitrogen and oxygen atoms in total. The maximum Gasteiger partial charge on any atom is 0.416 e. The normalized spacial score (nSPS) is 22.7. The lowest BCUT2D eigenvalue weighted by Crippen LogP contribution is -2.40. The van der Waals surface area contributed by atoms with Crippen molar-refractivity contribution in [3.8, 4) is 0 Å². The molecule has 0 radical (unpaired) electrons. The largest absolute Gasteiger partial charge is 0.447 e. The molecule has 2 aliphatic heterocycles. The maximum atomic E-state index is 13.0. The first kappa shape index (κ1) is 16.9. The number of imide groups is 1. The van der Waals surface area contributed by atoms with E-state index in [1.165, 1.54) is 9.81 Å². The van der Waals surface area contributed by atoms with Crippen LogP contribution in [-0.4, -0.2) is 35.8 Å². The molecular weight excluding hydrogens is 346 g/mol. The Morgan fingerprint density at radius 3 is 2.38 bits per heavy atom. The molecule has 132 valence electrons. The van der Waals surface area contributed by atoms with E-state index in [4.69, 9.17) is 4.74 Å². The topological polar surface area (TPSA) is 46.6 Å². The zero-order valence-corrected chi connectivity index (χ0v) is 15.0. The van der Waals surface area contributed by atoms with Crippen molar-refractivity contribution in [2.45, 2.75) is 5.92 Å². The van der Waals surface area contributed by atoms with Crippen LogP contribution in [0.2, 0.25) is 0 Å². The van der Waals surface area contributed by atoms with Crippen molar-refractivity contribution in [3.63, 3.8) is 0 Å². The van der Waals surface area contributed by atoms with Gasteiger partial charge in [0.1, 0.15) is 6.61 Å². The number of thioether (sulfide) groups is 1. The van der Waals surface area contributed by atoms with Gasteiger partial charge in [-0.1, -0.05) is 66.7 Å². The summed E-state index contributed by atoms with van der Waals surface area (Å²) in [5.41, 5.74) is 2.25. The number of benzene rings is 2. The monoisotopic (exact) mass is 365 g/mol. The van der Waals surface area contributed by atoms with Crippen LogP contribution in [0.5, 0.6) is 0 Å². The van der Waals surface area contributed by atoms with E-state index in [0.717, 1.165) is 11.1 Å². The van der Waals surface area contributed by atoms with Gasteiger partial charge in [-0.25, -0.2) is 9.69 Å². The number of carbonyl (C=O) groups is 2. The zero-order chi connectivity index (χ0) is 17.9. The van der Waals surface area contributed by atoms with E-state index in [-0.39, 0.29) is 24.3 Å². The van der Waals surface area contributed by atoms with Crippen LogP contribution in [-0.2, 0) is 9.53 Å². The molecule has 2 amide bonds. The van der Waals surface area contributed by atoms with Crippen LogP contribution < -0.4 is 0 Å². The van der Waals surface area contributed by atoms with Crippen molar-refractivity contribution in [1.29, 1.82) is 0 Å². The highest BCUT2D eigenvalue weighted by molar-refractivity contribution is 8.08. The van der Waals surface area contributed by atoms with Gasteiger partial charge in [0.15, 0.2) is 0 Å². The second kappa shape index (κ2) is 7.38. The third kappa shape index (κ3) is 3.27. The fraction of sp³-hybridized carbons (Fsp3) is 0.238. The molecule has 2 aliphatic rings. The van der Waals surface area contributed by atoms with Gasteiger partial charge in [0.25, 0.3) is 0 Å². The average Bonchev–Trinajstić information content (AvgIpc) is 3.14. The first-order valence-electron chi connectivity index (χ1n) is 8.67. The van der Waals surface area contributed by atoms with E-state index in [1.54, 1.807) is 11.8 Å². The molecular formula is C21H19NO3S. The van der Waals surface area contributed by atoms with Gasteiger partial charge in [-0.15, -0.1) is 11.8 Å². The molecule has 2 atom stereocenters. The van der Waals surface area contributed by atoms with E-state index in [1.807, 2.05) is 48.5 Å². The molecule has 0 bridgehead atoms. The number of hydrogen-bond donors (Lipinski definition) is 0. The van der Waals surface area contributed by atoms with Crippen LogP contribution in [0, 0.1) is 5.92 Å². The molecule has 1 fully saturated rings. The Morgan fingerprint density at radius 1 is 1.04 bits per heavy atom. The summed E-state index contributed by atoms with van der Waals surface area (Å²) < 4.78 is 4.95. The molecule has 0 unspecified atom stereocenters. The van der Waals surface area contributed by atoms with Gasteiger partial charge in [0.2, 0.25) is 5.91 Å². The number of carbonyl (C=O) groups excluding carboxylic acids is 2. The number of ether oxygens (including phenoxy) is 1. The highest BCUT2D eigenvalue weighted by atomic mass is 32.2. The summed E-state index contributed by atoms with van der Waals surface area (Å²) in [6.07, 6.45) is 1.65. The summed E-state index contributed by atoms with van der Waals surface area (Å²) in [5.74, 6) is 0.161. The predicted octanol–water partition coefficient (Wildman–Crippen LogP) is 4.15. The van der Waals surface area contributed by atoms with Gasteiger partial charge in [-0.2, -0.15) is 0 Å². The van der Waals surface area contributed by atoms with Crippen molar-refractivity contribution in [3.05, 3.63) is 77.9 Å². The quantitative estimate of drug-likeness (QED) is 0.820. The highest BCUT2D eigenvalue weighted by Crippen LogP contribution is 2.43.